The molecule has 0 unspecified atom stereocenters. The minimum absolute atomic E-state index is 0.0752. The number of rotatable bonds is 5. The number of nitrogens with zero attached hydrogens (tertiary/aromatic N) is 4. The lowest BCUT2D eigenvalue weighted by Crippen LogP contribution is -2.48. The Labute approximate surface area is 197 Å². The third kappa shape index (κ3) is 4.30. The summed E-state index contributed by atoms with van der Waals surface area (Å²) in [5, 5.41) is 0.946. The van der Waals surface area contributed by atoms with Crippen molar-refractivity contribution in [1.29, 1.82) is 0 Å². The molecule has 1 aromatic heterocycles. The van der Waals surface area contributed by atoms with Gasteiger partial charge in [-0.15, -0.1) is 0 Å². The molecule has 3 aromatic rings. The van der Waals surface area contributed by atoms with Crippen LogP contribution in [0.15, 0.2) is 47.4 Å². The molecule has 5 rings (SSSR count). The minimum atomic E-state index is -3.47. The molecule has 2 fully saturated rings. The first kappa shape index (κ1) is 22.1. The largest absolute Gasteiger partial charge is 0.497 e. The van der Waals surface area contributed by atoms with Gasteiger partial charge >= 0.3 is 0 Å². The molecule has 0 spiro atoms. The molecule has 0 N–H and O–H groups in total. The lowest BCUT2D eigenvalue weighted by Gasteiger charge is -2.34. The van der Waals surface area contributed by atoms with Crippen LogP contribution in [0.4, 0.5) is 5.13 Å². The van der Waals surface area contributed by atoms with Crippen LogP contribution in [-0.2, 0) is 10.0 Å². The SMILES string of the molecule is COc1ccc2nc(N3CCN(C(=O)c4ccc(S(=O)(=O)N5CCCC5)cc4)CC3)sc2c1. The molecule has 0 saturated carbocycles. The number of methoxy groups -OCH3 is 1. The Morgan fingerprint density at radius 2 is 1.67 bits per heavy atom. The summed E-state index contributed by atoms with van der Waals surface area (Å²) in [7, 11) is -1.82. The van der Waals surface area contributed by atoms with Gasteiger partial charge in [-0.2, -0.15) is 4.31 Å². The number of carbonyl (C=O) groups excluding carboxylic acids is 1. The molecule has 2 aliphatic heterocycles. The highest BCUT2D eigenvalue weighted by Gasteiger charge is 2.28. The predicted octanol–water partition coefficient (Wildman–Crippen LogP) is 3.05. The van der Waals surface area contributed by atoms with Gasteiger partial charge in [0.1, 0.15) is 5.75 Å². The van der Waals surface area contributed by atoms with E-state index >= 15 is 0 Å². The van der Waals surface area contributed by atoms with Gasteiger partial charge in [0.2, 0.25) is 10.0 Å². The molecule has 174 valence electrons. The second-order valence-corrected chi connectivity index (χ2v) is 11.2. The van der Waals surface area contributed by atoms with Crippen molar-refractivity contribution in [1.82, 2.24) is 14.2 Å². The lowest BCUT2D eigenvalue weighted by molar-refractivity contribution is 0.0746. The maximum atomic E-state index is 13.0. The zero-order valence-corrected chi connectivity index (χ0v) is 20.1. The third-order valence-electron chi connectivity index (χ3n) is 6.23. The standard InChI is InChI=1S/C23H26N4O4S2/c1-31-18-6-9-20-21(16-18)32-23(24-20)26-14-12-25(13-15-26)22(28)17-4-7-19(8-5-17)33(29,30)27-10-2-3-11-27/h4-9,16H,2-3,10-15H2,1H3. The van der Waals surface area contributed by atoms with Crippen LogP contribution in [-0.4, -0.2) is 74.9 Å². The van der Waals surface area contributed by atoms with Gasteiger partial charge in [0.15, 0.2) is 5.13 Å². The number of aromatic nitrogens is 1. The first-order valence-corrected chi connectivity index (χ1v) is 13.3. The Morgan fingerprint density at radius 1 is 0.970 bits per heavy atom. The van der Waals surface area contributed by atoms with Crippen molar-refractivity contribution < 1.29 is 17.9 Å². The maximum absolute atomic E-state index is 13.0. The van der Waals surface area contributed by atoms with Crippen molar-refractivity contribution >= 4 is 42.6 Å². The van der Waals surface area contributed by atoms with E-state index in [1.165, 1.54) is 4.31 Å². The van der Waals surface area contributed by atoms with Crippen LogP contribution in [0, 0.1) is 0 Å². The fourth-order valence-corrected chi connectivity index (χ4v) is 6.85. The van der Waals surface area contributed by atoms with Crippen LogP contribution < -0.4 is 9.64 Å². The van der Waals surface area contributed by atoms with Crippen molar-refractivity contribution in [3.05, 3.63) is 48.0 Å². The van der Waals surface area contributed by atoms with Crippen molar-refractivity contribution in [2.45, 2.75) is 17.7 Å². The summed E-state index contributed by atoms with van der Waals surface area (Å²) >= 11 is 1.62. The van der Waals surface area contributed by atoms with E-state index in [-0.39, 0.29) is 10.8 Å². The Kier molecular flexibility index (Phi) is 5.98. The number of hydrogen-bond donors (Lipinski definition) is 0. The number of sulfonamides is 1. The van der Waals surface area contributed by atoms with Gasteiger partial charge in [-0.05, 0) is 55.3 Å². The Morgan fingerprint density at radius 3 is 2.33 bits per heavy atom. The van der Waals surface area contributed by atoms with Gasteiger partial charge in [-0.25, -0.2) is 13.4 Å². The van der Waals surface area contributed by atoms with Gasteiger partial charge in [-0.1, -0.05) is 11.3 Å². The van der Waals surface area contributed by atoms with Gasteiger partial charge in [0.05, 0.1) is 22.2 Å². The van der Waals surface area contributed by atoms with Gasteiger partial charge in [0.25, 0.3) is 5.91 Å². The normalized spacial score (nSPS) is 17.6. The van der Waals surface area contributed by atoms with Gasteiger partial charge in [-0.3, -0.25) is 4.79 Å². The summed E-state index contributed by atoms with van der Waals surface area (Å²) in [6.07, 6.45) is 1.79. The Bertz CT molecular complexity index is 1260. The monoisotopic (exact) mass is 486 g/mol. The smallest absolute Gasteiger partial charge is 0.253 e. The molecule has 0 radical (unpaired) electrons. The van der Waals surface area contributed by atoms with E-state index in [1.807, 2.05) is 23.1 Å². The van der Waals surface area contributed by atoms with Crippen LogP contribution in [0.2, 0.25) is 0 Å². The molecule has 0 bridgehead atoms. The number of carbonyl (C=O) groups is 1. The predicted molar refractivity (Wildman–Crippen MR) is 129 cm³/mol. The summed E-state index contributed by atoms with van der Waals surface area (Å²) < 4.78 is 33.3. The summed E-state index contributed by atoms with van der Waals surface area (Å²) in [4.78, 5) is 22.0. The zero-order valence-electron chi connectivity index (χ0n) is 18.4. The fraction of sp³-hybridized carbons (Fsp3) is 0.391. The van der Waals surface area contributed by atoms with Crippen molar-refractivity contribution in [3.63, 3.8) is 0 Å². The number of piperazine rings is 1. The van der Waals surface area contributed by atoms with E-state index in [0.717, 1.165) is 33.9 Å². The lowest BCUT2D eigenvalue weighted by atomic mass is 10.2. The minimum Gasteiger partial charge on any atom is -0.497 e. The van der Waals surface area contributed by atoms with E-state index in [9.17, 15) is 13.2 Å². The number of fused-ring (bicyclic) bond motifs is 1. The first-order chi connectivity index (χ1) is 16.0. The molecule has 2 saturated heterocycles. The quantitative estimate of drug-likeness (QED) is 0.551. The third-order valence-corrected chi connectivity index (χ3v) is 9.22. The molecule has 2 aliphatic rings. The molecule has 0 aliphatic carbocycles. The second-order valence-electron chi connectivity index (χ2n) is 8.24. The molecule has 2 aromatic carbocycles. The van der Waals surface area contributed by atoms with E-state index in [1.54, 1.807) is 42.7 Å². The number of thiazole rings is 1. The van der Waals surface area contributed by atoms with E-state index in [4.69, 9.17) is 9.72 Å². The average Bonchev–Trinajstić information content (AvgIpc) is 3.54. The molecule has 1 amide bonds. The van der Waals surface area contributed by atoms with Crippen molar-refractivity contribution in [2.75, 3.05) is 51.3 Å². The van der Waals surface area contributed by atoms with Crippen LogP contribution in [0.1, 0.15) is 23.2 Å². The van der Waals surface area contributed by atoms with Crippen molar-refractivity contribution in [2.24, 2.45) is 0 Å². The maximum Gasteiger partial charge on any atom is 0.253 e. The first-order valence-electron chi connectivity index (χ1n) is 11.0. The van der Waals surface area contributed by atoms with E-state index in [2.05, 4.69) is 4.90 Å². The van der Waals surface area contributed by atoms with Crippen LogP contribution in [0.3, 0.4) is 0 Å². The number of ether oxygens (including phenoxy) is 1. The van der Waals surface area contributed by atoms with Gasteiger partial charge in [0, 0.05) is 44.8 Å². The van der Waals surface area contributed by atoms with Crippen LogP contribution >= 0.6 is 11.3 Å². The van der Waals surface area contributed by atoms with E-state index < -0.39 is 10.0 Å². The Balaban J connectivity index is 1.23. The summed E-state index contributed by atoms with van der Waals surface area (Å²) in [6, 6.07) is 12.2. The topological polar surface area (TPSA) is 83.0 Å². The fourth-order valence-electron chi connectivity index (χ4n) is 4.29. The molecule has 33 heavy (non-hydrogen) atoms. The van der Waals surface area contributed by atoms with Crippen LogP contribution in [0.25, 0.3) is 10.2 Å². The number of amides is 1. The number of benzene rings is 2. The summed E-state index contributed by atoms with van der Waals surface area (Å²) in [5.41, 5.74) is 1.45. The molecular weight excluding hydrogens is 460 g/mol. The average molecular weight is 487 g/mol. The van der Waals surface area contributed by atoms with Crippen molar-refractivity contribution in [3.8, 4) is 5.75 Å². The summed E-state index contributed by atoms with van der Waals surface area (Å²) in [6.45, 7) is 3.71. The molecule has 10 heteroatoms. The zero-order chi connectivity index (χ0) is 23.0. The molecular formula is C23H26N4O4S2. The Hall–Kier alpha value is -2.69. The second kappa shape index (κ2) is 8.92. The highest BCUT2D eigenvalue weighted by molar-refractivity contribution is 7.89. The number of hydrogen-bond acceptors (Lipinski definition) is 7. The highest BCUT2D eigenvalue weighted by Crippen LogP contribution is 2.32. The summed E-state index contributed by atoms with van der Waals surface area (Å²) in [5.74, 6) is 0.737. The van der Waals surface area contributed by atoms with E-state index in [0.29, 0.717) is 44.8 Å². The highest BCUT2D eigenvalue weighted by atomic mass is 32.2. The molecule has 8 nitrogen and oxygen atoms in total. The molecule has 0 atom stereocenters. The van der Waals surface area contributed by atoms with Gasteiger partial charge < -0.3 is 14.5 Å². The van der Waals surface area contributed by atoms with Crippen LogP contribution in [0.5, 0.6) is 5.75 Å². The molecule has 3 heterocycles. The number of anilines is 1.